The maximum absolute atomic E-state index is 14.0. The number of alkyl carbamates (subject to hydrolysis) is 2. The van der Waals surface area contributed by atoms with Crippen molar-refractivity contribution in [2.75, 3.05) is 27.3 Å². The van der Waals surface area contributed by atoms with E-state index in [9.17, 15) is 19.2 Å². The molecule has 14 nitrogen and oxygen atoms in total. The Hall–Kier alpha value is -6.44. The first-order valence-electron chi connectivity index (χ1n) is 26.0. The zero-order chi connectivity index (χ0) is 49.4. The number of ether oxygens (including phenoxy) is 2. The van der Waals surface area contributed by atoms with Gasteiger partial charge in [-0.15, -0.1) is 0 Å². The first-order chi connectivity index (χ1) is 34.2. The molecule has 3 aromatic carbocycles. The van der Waals surface area contributed by atoms with E-state index in [-0.39, 0.29) is 46.6 Å². The van der Waals surface area contributed by atoms with Gasteiger partial charge < -0.3 is 39.9 Å². The van der Waals surface area contributed by atoms with Crippen LogP contribution in [0, 0.1) is 28.1 Å². The second-order valence-electron chi connectivity index (χ2n) is 22.8. The Morgan fingerprint density at radius 3 is 1.30 bits per heavy atom. The highest BCUT2D eigenvalue weighted by atomic mass is 16.5. The molecule has 2 aliphatic heterocycles. The molecule has 0 bridgehead atoms. The van der Waals surface area contributed by atoms with E-state index in [2.05, 4.69) is 81.3 Å². The van der Waals surface area contributed by atoms with Crippen molar-refractivity contribution >= 4 is 24.0 Å². The number of likely N-dealkylation sites (tertiary alicyclic amines) is 2. The molecule has 3 saturated carbocycles. The summed E-state index contributed by atoms with van der Waals surface area (Å²) in [5, 5.41) is 5.56. The van der Waals surface area contributed by atoms with Crippen molar-refractivity contribution in [3.8, 4) is 44.8 Å². The Morgan fingerprint density at radius 2 is 0.944 bits per heavy atom. The molecular formula is C57H68N8O6. The lowest BCUT2D eigenvalue weighted by Crippen LogP contribution is -2.51. The summed E-state index contributed by atoms with van der Waals surface area (Å²) in [7, 11) is 2.64. The fourth-order valence-corrected chi connectivity index (χ4v) is 12.8. The van der Waals surface area contributed by atoms with E-state index in [1.165, 1.54) is 73.3 Å². The Morgan fingerprint density at radius 1 is 0.563 bits per heavy atom. The number of fused-ring (bicyclic) bond motifs is 1. The number of rotatable bonds is 12. The van der Waals surface area contributed by atoms with Crippen molar-refractivity contribution < 1.29 is 28.7 Å². The van der Waals surface area contributed by atoms with E-state index in [1.54, 1.807) is 0 Å². The number of methoxy groups -OCH3 is 2. The Kier molecular flexibility index (Phi) is 11.9. The summed E-state index contributed by atoms with van der Waals surface area (Å²) >= 11 is 0. The molecule has 3 spiro atoms. The third kappa shape index (κ3) is 8.79. The van der Waals surface area contributed by atoms with Crippen LogP contribution in [0.2, 0.25) is 0 Å². The maximum atomic E-state index is 14.0. The molecule has 2 saturated heterocycles. The Bertz CT molecular complexity index is 2660. The summed E-state index contributed by atoms with van der Waals surface area (Å²) in [4.78, 5) is 73.3. The molecule has 4 N–H and O–H groups in total. The standard InChI is InChI=1S/C57H68N8O6/c1-33(2)47(62-53(68)70-5)51(66)64-31-56(21-22-56)27-45(64)49-58-29-43(60-49)37-13-9-35(10-14-37)39-17-18-40(42-26-55(25-41(39)42)19-7-8-20-55)36-11-15-38(16-12-36)44-30-59-50(61-44)46-28-57(23-24-57)32-65(46)52(67)48(34(3)4)63-54(69)71-6/h9-18,29-30,33-34,45-48H,7-8,19-28,31-32H2,1-6H3,(H,58,60)(H,59,61)(H,62,68)(H,63,69). The monoisotopic (exact) mass is 961 g/mol. The molecule has 372 valence electrons. The van der Waals surface area contributed by atoms with Crippen molar-refractivity contribution in [1.29, 1.82) is 0 Å². The highest BCUT2D eigenvalue weighted by molar-refractivity contribution is 5.88. The van der Waals surface area contributed by atoms with Gasteiger partial charge in [0.1, 0.15) is 23.7 Å². The normalized spacial score (nSPS) is 21.8. The van der Waals surface area contributed by atoms with E-state index in [0.717, 1.165) is 85.5 Å². The molecule has 4 amide bonds. The third-order valence-electron chi connectivity index (χ3n) is 17.3. The number of hydrogen-bond acceptors (Lipinski definition) is 8. The molecule has 0 radical (unpaired) electrons. The zero-order valence-corrected chi connectivity index (χ0v) is 42.0. The van der Waals surface area contributed by atoms with Crippen LogP contribution in [0.15, 0.2) is 73.1 Å². The van der Waals surface area contributed by atoms with E-state index in [1.807, 2.05) is 49.9 Å². The molecule has 71 heavy (non-hydrogen) atoms. The average molecular weight is 961 g/mol. The minimum atomic E-state index is -0.683. The number of aromatic amines is 2. The van der Waals surface area contributed by atoms with Crippen molar-refractivity contribution in [3.63, 3.8) is 0 Å². The summed E-state index contributed by atoms with van der Waals surface area (Å²) < 4.78 is 9.73. The van der Waals surface area contributed by atoms with Gasteiger partial charge in [0.15, 0.2) is 0 Å². The quantitative estimate of drug-likeness (QED) is 0.0956. The predicted molar refractivity (Wildman–Crippen MR) is 271 cm³/mol. The van der Waals surface area contributed by atoms with Gasteiger partial charge in [-0.3, -0.25) is 9.59 Å². The lowest BCUT2D eigenvalue weighted by atomic mass is 9.82. The van der Waals surface area contributed by atoms with Crippen LogP contribution < -0.4 is 10.6 Å². The minimum Gasteiger partial charge on any atom is -0.453 e. The smallest absolute Gasteiger partial charge is 0.407 e. The van der Waals surface area contributed by atoms with Crippen molar-refractivity contribution in [2.45, 2.75) is 129 Å². The van der Waals surface area contributed by atoms with Crippen LogP contribution in [-0.4, -0.2) is 93.1 Å². The summed E-state index contributed by atoms with van der Waals surface area (Å²) in [5.41, 5.74) is 12.4. The minimum absolute atomic E-state index is 0.0947. The molecule has 4 aliphatic carbocycles. The summed E-state index contributed by atoms with van der Waals surface area (Å²) in [6, 6.07) is 20.6. The molecule has 6 aliphatic rings. The highest BCUT2D eigenvalue weighted by Crippen LogP contribution is 2.60. The molecule has 5 aromatic rings. The fourth-order valence-electron chi connectivity index (χ4n) is 12.8. The Labute approximate surface area is 416 Å². The first-order valence-corrected chi connectivity index (χ1v) is 26.0. The van der Waals surface area contributed by atoms with Crippen molar-refractivity contribution in [2.24, 2.45) is 28.1 Å². The van der Waals surface area contributed by atoms with Gasteiger partial charge in [-0.05, 0) is 137 Å². The topological polar surface area (TPSA) is 175 Å². The summed E-state index contributed by atoms with van der Waals surface area (Å²) in [6.45, 7) is 9.10. The maximum Gasteiger partial charge on any atom is 0.407 e. The zero-order valence-electron chi connectivity index (χ0n) is 42.0. The average Bonchev–Trinajstić information content (AvgIpc) is 3.80. The predicted octanol–water partition coefficient (Wildman–Crippen LogP) is 10.3. The van der Waals surface area contributed by atoms with Gasteiger partial charge in [0.25, 0.3) is 0 Å². The van der Waals surface area contributed by atoms with Gasteiger partial charge in [-0.1, -0.05) is 101 Å². The van der Waals surface area contributed by atoms with Crippen LogP contribution in [0.4, 0.5) is 9.59 Å². The summed E-state index contributed by atoms with van der Waals surface area (Å²) in [6.07, 6.45) is 15.9. The molecule has 2 aromatic heterocycles. The lowest BCUT2D eigenvalue weighted by molar-refractivity contribution is -0.136. The van der Waals surface area contributed by atoms with Crippen LogP contribution in [0.3, 0.4) is 0 Å². The number of carbonyl (C=O) groups is 4. The van der Waals surface area contributed by atoms with E-state index >= 15 is 0 Å². The number of nitrogens with zero attached hydrogens (tertiary/aromatic N) is 4. The van der Waals surface area contributed by atoms with Gasteiger partial charge in [-0.25, -0.2) is 19.6 Å². The first kappa shape index (κ1) is 46.9. The summed E-state index contributed by atoms with van der Waals surface area (Å²) in [5.74, 6) is 1.17. The number of aromatic nitrogens is 4. The molecule has 11 rings (SSSR count). The van der Waals surface area contributed by atoms with Crippen LogP contribution in [0.25, 0.3) is 44.8 Å². The van der Waals surface area contributed by atoms with Crippen LogP contribution in [0.1, 0.15) is 127 Å². The number of hydrogen-bond donors (Lipinski definition) is 4. The highest BCUT2D eigenvalue weighted by Gasteiger charge is 2.56. The van der Waals surface area contributed by atoms with Crippen LogP contribution >= 0.6 is 0 Å². The van der Waals surface area contributed by atoms with Gasteiger partial charge in [-0.2, -0.15) is 0 Å². The third-order valence-corrected chi connectivity index (χ3v) is 17.3. The lowest BCUT2D eigenvalue weighted by Gasteiger charge is -2.30. The number of H-pyrrole nitrogens is 2. The van der Waals surface area contributed by atoms with Crippen molar-refractivity contribution in [3.05, 3.63) is 95.8 Å². The van der Waals surface area contributed by atoms with Crippen LogP contribution in [0.5, 0.6) is 0 Å². The molecule has 5 fully saturated rings. The van der Waals surface area contributed by atoms with Gasteiger partial charge in [0.2, 0.25) is 11.8 Å². The molecular weight excluding hydrogens is 893 g/mol. The number of nitrogens with one attached hydrogen (secondary N) is 4. The van der Waals surface area contributed by atoms with Gasteiger partial charge in [0.05, 0.1) is 50.1 Å². The molecule has 4 heterocycles. The number of imidazole rings is 2. The largest absolute Gasteiger partial charge is 0.453 e. The number of carbonyl (C=O) groups excluding carboxylic acids is 4. The van der Waals surface area contributed by atoms with Crippen LogP contribution in [-0.2, 0) is 31.9 Å². The van der Waals surface area contributed by atoms with E-state index in [0.29, 0.717) is 18.5 Å². The number of benzene rings is 3. The second kappa shape index (κ2) is 18.0. The van der Waals surface area contributed by atoms with Crippen molar-refractivity contribution in [1.82, 2.24) is 40.4 Å². The molecule has 14 heteroatoms. The number of amides is 4. The SMILES string of the molecule is COC(=O)NC(C(=O)N1CC2(CC2)CC1c1ncc(-c2ccc(-c3ccc(-c4ccc(-c5cnc(C6CC7(CC7)CN6C(=O)C(NC(=O)OC)C(C)C)[nH]5)cc4)c4c3CC3(CCCC3)C4)cc2)[nH]1)C(C)C. The van der Waals surface area contributed by atoms with Gasteiger partial charge >= 0.3 is 12.2 Å². The molecule has 4 unspecified atom stereocenters. The van der Waals surface area contributed by atoms with E-state index in [4.69, 9.17) is 19.4 Å². The van der Waals surface area contributed by atoms with E-state index < -0.39 is 24.3 Å². The fraction of sp³-hybridized carbons (Fsp3) is 0.509. The second-order valence-corrected chi connectivity index (χ2v) is 22.8. The molecule has 4 atom stereocenters. The Balaban J connectivity index is 0.824. The van der Waals surface area contributed by atoms with Gasteiger partial charge in [0, 0.05) is 13.1 Å².